The van der Waals surface area contributed by atoms with Crippen molar-refractivity contribution in [2.24, 2.45) is 0 Å². The van der Waals surface area contributed by atoms with Crippen molar-refractivity contribution in [1.82, 2.24) is 0 Å². The Bertz CT molecular complexity index is 795. The Morgan fingerprint density at radius 3 is 0.851 bits per heavy atom. The summed E-state index contributed by atoms with van der Waals surface area (Å²) < 4.78 is 0. The van der Waals surface area contributed by atoms with E-state index in [-0.39, 0.29) is 5.91 Å². The molecule has 0 radical (unpaired) electrons. The minimum Gasteiger partial charge on any atom is -0.481 e. The molecule has 1 amide bonds. The van der Waals surface area contributed by atoms with Gasteiger partial charge in [-0.2, -0.15) is 0 Å². The number of nitrogens with one attached hydrogen (secondary N) is 1. The lowest BCUT2D eigenvalue weighted by Gasteiger charge is -2.05. The van der Waals surface area contributed by atoms with Crippen molar-refractivity contribution in [2.75, 3.05) is 5.32 Å². The molecule has 0 saturated carbocycles. The van der Waals surface area contributed by atoms with Crippen molar-refractivity contribution in [2.45, 2.75) is 225 Å². The highest BCUT2D eigenvalue weighted by Crippen LogP contribution is 2.17. The summed E-state index contributed by atoms with van der Waals surface area (Å²) in [5, 5.41) is 11.6. The largest absolute Gasteiger partial charge is 0.481 e. The van der Waals surface area contributed by atoms with E-state index in [0.29, 0.717) is 12.8 Å². The number of unbranched alkanes of at least 4 members (excludes halogenated alkanes) is 32. The number of amides is 1. The fourth-order valence-corrected chi connectivity index (χ4v) is 6.79. The van der Waals surface area contributed by atoms with Crippen LogP contribution in [0.2, 0.25) is 0 Å². The average Bonchev–Trinajstić information content (AvgIpc) is 3.07. The summed E-state index contributed by atoms with van der Waals surface area (Å²) in [6.07, 6.45) is 45.8. The van der Waals surface area contributed by atoms with E-state index in [1.807, 2.05) is 30.3 Å². The van der Waals surface area contributed by atoms with Gasteiger partial charge in [-0.15, -0.1) is 0 Å². The summed E-state index contributed by atoms with van der Waals surface area (Å²) in [4.78, 5) is 22.5. The van der Waals surface area contributed by atoms with Crippen LogP contribution < -0.4 is 5.32 Å². The maximum atomic E-state index is 12.0. The number of carboxylic acids is 1. The fourth-order valence-electron chi connectivity index (χ4n) is 6.79. The topological polar surface area (TPSA) is 66.4 Å². The van der Waals surface area contributed by atoms with Gasteiger partial charge in [0, 0.05) is 18.5 Å². The molecule has 0 aliphatic heterocycles. The van der Waals surface area contributed by atoms with E-state index in [1.54, 1.807) is 0 Å². The molecular weight excluding hydrogens is 578 g/mol. The molecule has 4 heteroatoms. The lowest BCUT2D eigenvalue weighted by Crippen LogP contribution is -2.10. The molecule has 0 spiro atoms. The number of carbonyl (C=O) groups is 2. The number of hydrogen-bond donors (Lipinski definition) is 2. The molecule has 0 heterocycles. The van der Waals surface area contributed by atoms with Gasteiger partial charge in [0.05, 0.1) is 0 Å². The second-order valence-corrected chi connectivity index (χ2v) is 14.5. The van der Waals surface area contributed by atoms with Crippen LogP contribution in [0.3, 0.4) is 0 Å². The van der Waals surface area contributed by atoms with Crippen molar-refractivity contribution < 1.29 is 14.7 Å². The van der Waals surface area contributed by atoms with Gasteiger partial charge in [-0.1, -0.05) is 217 Å². The number of carboxylic acid groups (broad SMARTS) is 1. The minimum atomic E-state index is -0.652. The number of aliphatic carboxylic acids is 1. The van der Waals surface area contributed by atoms with Gasteiger partial charge in [-0.3, -0.25) is 9.59 Å². The van der Waals surface area contributed by atoms with E-state index in [0.717, 1.165) is 24.9 Å². The van der Waals surface area contributed by atoms with Crippen LogP contribution in [0.1, 0.15) is 225 Å². The van der Waals surface area contributed by atoms with Gasteiger partial charge in [0.1, 0.15) is 0 Å². The molecule has 1 aromatic carbocycles. The highest BCUT2D eigenvalue weighted by molar-refractivity contribution is 5.90. The van der Waals surface area contributed by atoms with Gasteiger partial charge in [0.2, 0.25) is 5.91 Å². The first-order valence-corrected chi connectivity index (χ1v) is 20.7. The number of para-hydroxylation sites is 1. The molecule has 0 bridgehead atoms. The number of carbonyl (C=O) groups excluding carboxylic acids is 1. The zero-order valence-corrected chi connectivity index (χ0v) is 30.9. The average molecular weight is 656 g/mol. The van der Waals surface area contributed by atoms with E-state index in [9.17, 15) is 9.59 Å². The van der Waals surface area contributed by atoms with Crippen LogP contribution >= 0.6 is 0 Å². The zero-order valence-electron chi connectivity index (χ0n) is 30.9. The number of hydrogen-bond acceptors (Lipinski definition) is 2. The molecule has 0 saturated heterocycles. The molecule has 4 nitrogen and oxygen atoms in total. The van der Waals surface area contributed by atoms with Crippen LogP contribution in [0, 0.1) is 0 Å². The first-order valence-electron chi connectivity index (χ1n) is 20.7. The highest BCUT2D eigenvalue weighted by atomic mass is 16.4. The Kier molecular flexibility index (Phi) is 32.6. The van der Waals surface area contributed by atoms with Crippen LogP contribution in [0.4, 0.5) is 5.69 Å². The molecule has 1 aromatic rings. The van der Waals surface area contributed by atoms with Crippen LogP contribution in [-0.2, 0) is 9.59 Å². The van der Waals surface area contributed by atoms with Crippen LogP contribution in [-0.4, -0.2) is 17.0 Å². The minimum absolute atomic E-state index is 0.144. The van der Waals surface area contributed by atoms with Crippen LogP contribution in [0.25, 0.3) is 0 Å². The molecule has 2 N–H and O–H groups in total. The fraction of sp³-hybridized carbons (Fsp3) is 0.814. The molecule has 1 rings (SSSR count). The van der Waals surface area contributed by atoms with E-state index < -0.39 is 5.97 Å². The summed E-state index contributed by atoms with van der Waals surface area (Å²) in [6, 6.07) is 9.76. The van der Waals surface area contributed by atoms with Gasteiger partial charge in [-0.25, -0.2) is 0 Å². The number of anilines is 1. The lowest BCUT2D eigenvalue weighted by molar-refractivity contribution is -0.137. The van der Waals surface area contributed by atoms with Gasteiger partial charge >= 0.3 is 5.97 Å². The predicted octanol–water partition coefficient (Wildman–Crippen LogP) is 14.4. The summed E-state index contributed by atoms with van der Waals surface area (Å²) in [5.41, 5.74) is 0.900. The molecule has 0 aliphatic carbocycles. The summed E-state index contributed by atoms with van der Waals surface area (Å²) in [5.74, 6) is -0.509. The Morgan fingerprint density at radius 1 is 0.362 bits per heavy atom. The molecule has 0 aliphatic rings. The number of rotatable bonds is 37. The molecule has 0 unspecified atom stereocenters. The quantitative estimate of drug-likeness (QED) is 0.0701. The smallest absolute Gasteiger partial charge is 0.303 e. The number of benzene rings is 1. The first-order chi connectivity index (χ1) is 23.2. The van der Waals surface area contributed by atoms with E-state index in [1.165, 1.54) is 193 Å². The van der Waals surface area contributed by atoms with Crippen molar-refractivity contribution in [3.8, 4) is 0 Å². The van der Waals surface area contributed by atoms with Crippen LogP contribution in [0.15, 0.2) is 30.3 Å². The Balaban J connectivity index is 1.64. The molecule has 272 valence electrons. The lowest BCUT2D eigenvalue weighted by atomic mass is 10.0. The first kappa shape index (κ1) is 43.2. The third kappa shape index (κ3) is 33.8. The summed E-state index contributed by atoms with van der Waals surface area (Å²) in [6.45, 7) is 0. The van der Waals surface area contributed by atoms with Gasteiger partial charge < -0.3 is 10.4 Å². The second-order valence-electron chi connectivity index (χ2n) is 14.5. The van der Waals surface area contributed by atoms with E-state index >= 15 is 0 Å². The van der Waals surface area contributed by atoms with Crippen molar-refractivity contribution in [3.63, 3.8) is 0 Å². The normalized spacial score (nSPS) is 11.2. The molecule has 47 heavy (non-hydrogen) atoms. The van der Waals surface area contributed by atoms with Crippen molar-refractivity contribution >= 4 is 17.6 Å². The van der Waals surface area contributed by atoms with E-state index in [4.69, 9.17) is 5.11 Å². The molecule has 0 fully saturated rings. The SMILES string of the molecule is O=C(O)CCCCCCCCCCCCCCCCCCCCCCCCCCCCCCCCCCCC(=O)Nc1ccccc1. The summed E-state index contributed by atoms with van der Waals surface area (Å²) in [7, 11) is 0. The maximum absolute atomic E-state index is 12.0. The van der Waals surface area contributed by atoms with Crippen molar-refractivity contribution in [3.05, 3.63) is 30.3 Å². The second kappa shape index (κ2) is 35.5. The van der Waals surface area contributed by atoms with Gasteiger partial charge in [0.15, 0.2) is 0 Å². The monoisotopic (exact) mass is 656 g/mol. The third-order valence-electron chi connectivity index (χ3n) is 9.85. The van der Waals surface area contributed by atoms with Crippen molar-refractivity contribution in [1.29, 1.82) is 0 Å². The standard InChI is InChI=1S/C43H77NO3/c45-42(44-41-37-33-32-34-38-41)39-35-30-28-26-24-22-20-18-16-14-12-10-8-6-4-2-1-3-5-7-9-11-13-15-17-19-21-23-25-27-29-31-36-40-43(46)47/h32-34,37-38H,1-31,35-36,39-40H2,(H,44,45)(H,46,47). The van der Waals surface area contributed by atoms with Crippen LogP contribution in [0.5, 0.6) is 0 Å². The van der Waals surface area contributed by atoms with E-state index in [2.05, 4.69) is 5.32 Å². The Morgan fingerprint density at radius 2 is 0.596 bits per heavy atom. The maximum Gasteiger partial charge on any atom is 0.303 e. The highest BCUT2D eigenvalue weighted by Gasteiger charge is 2.02. The molecular formula is C43H77NO3. The predicted molar refractivity (Wildman–Crippen MR) is 204 cm³/mol. The van der Waals surface area contributed by atoms with Gasteiger partial charge in [0.25, 0.3) is 0 Å². The molecule has 0 atom stereocenters. The third-order valence-corrected chi connectivity index (χ3v) is 9.85. The Labute approximate surface area is 292 Å². The molecule has 0 aromatic heterocycles. The zero-order chi connectivity index (χ0) is 33.7. The Hall–Kier alpha value is -1.84. The van der Waals surface area contributed by atoms with Gasteiger partial charge in [-0.05, 0) is 25.0 Å². The summed E-state index contributed by atoms with van der Waals surface area (Å²) >= 11 is 0.